The maximum absolute atomic E-state index is 11.9. The van der Waals surface area contributed by atoms with E-state index in [2.05, 4.69) is 5.32 Å². The molecule has 0 aromatic carbocycles. The highest BCUT2D eigenvalue weighted by molar-refractivity contribution is 5.75. The summed E-state index contributed by atoms with van der Waals surface area (Å²) in [5.74, 6) is -0.00637. The van der Waals surface area contributed by atoms with E-state index in [4.69, 9.17) is 18.9 Å². The maximum atomic E-state index is 11.9. The molecule has 0 bridgehead atoms. The molecule has 0 fully saturated rings. The zero-order chi connectivity index (χ0) is 22.3. The third-order valence-corrected chi connectivity index (χ3v) is 3.58. The number of ether oxygens (including phenoxy) is 4. The average Bonchev–Trinajstić information content (AvgIpc) is 2.65. The molecule has 0 rings (SSSR count). The van der Waals surface area contributed by atoms with Gasteiger partial charge in [0.25, 0.3) is 0 Å². The first kappa shape index (κ1) is 26.9. The van der Waals surface area contributed by atoms with Gasteiger partial charge in [0, 0.05) is 47.3 Å². The number of carbonyl (C=O) groups is 3. The van der Waals surface area contributed by atoms with Crippen molar-refractivity contribution in [2.75, 3.05) is 67.3 Å². The van der Waals surface area contributed by atoms with Crippen LogP contribution in [0, 0.1) is 0 Å². The van der Waals surface area contributed by atoms with Gasteiger partial charge in [-0.25, -0.2) is 9.59 Å². The summed E-state index contributed by atoms with van der Waals surface area (Å²) in [6.07, 6.45) is 0.168. The van der Waals surface area contributed by atoms with Crippen LogP contribution in [-0.2, 0) is 23.7 Å². The maximum Gasteiger partial charge on any atom is 0.410 e. The van der Waals surface area contributed by atoms with E-state index in [-0.39, 0.29) is 19.1 Å². The number of nitrogens with zero attached hydrogens (tertiary/aromatic N) is 2. The van der Waals surface area contributed by atoms with Crippen LogP contribution in [0.1, 0.15) is 33.6 Å². The highest BCUT2D eigenvalue weighted by Crippen LogP contribution is 2.09. The van der Waals surface area contributed by atoms with E-state index in [1.807, 2.05) is 0 Å². The molecular weight excluding hydrogens is 382 g/mol. The molecule has 0 aliphatic carbocycles. The van der Waals surface area contributed by atoms with Crippen LogP contribution in [-0.4, -0.2) is 101 Å². The van der Waals surface area contributed by atoms with Crippen LogP contribution in [0.15, 0.2) is 0 Å². The van der Waals surface area contributed by atoms with E-state index in [0.29, 0.717) is 45.8 Å². The van der Waals surface area contributed by atoms with E-state index < -0.39 is 17.8 Å². The number of carbonyl (C=O) groups excluding carboxylic acids is 3. The van der Waals surface area contributed by atoms with Crippen LogP contribution in [0.2, 0.25) is 0 Å². The lowest BCUT2D eigenvalue weighted by atomic mass is 10.2. The molecule has 10 nitrogen and oxygen atoms in total. The molecule has 0 saturated carbocycles. The largest absolute Gasteiger partial charge is 0.447 e. The molecule has 3 amide bonds. The van der Waals surface area contributed by atoms with Gasteiger partial charge in [0.05, 0.1) is 19.8 Å². The number of likely N-dealkylation sites (N-methyl/N-ethyl adjacent to an activating group) is 2. The summed E-state index contributed by atoms with van der Waals surface area (Å²) >= 11 is 0. The zero-order valence-electron chi connectivity index (χ0n) is 18.6. The molecule has 0 atom stereocenters. The summed E-state index contributed by atoms with van der Waals surface area (Å²) in [6, 6.07) is 0. The van der Waals surface area contributed by atoms with Gasteiger partial charge < -0.3 is 34.1 Å². The number of hydrogen-bond donors (Lipinski definition) is 1. The first-order valence-corrected chi connectivity index (χ1v) is 9.75. The summed E-state index contributed by atoms with van der Waals surface area (Å²) < 4.78 is 21.0. The van der Waals surface area contributed by atoms with Crippen molar-refractivity contribution in [3.8, 4) is 0 Å². The van der Waals surface area contributed by atoms with Crippen molar-refractivity contribution in [1.29, 1.82) is 0 Å². The van der Waals surface area contributed by atoms with Gasteiger partial charge in [-0.3, -0.25) is 4.79 Å². The van der Waals surface area contributed by atoms with Gasteiger partial charge in [0.1, 0.15) is 12.2 Å². The Morgan fingerprint density at radius 1 is 0.828 bits per heavy atom. The minimum atomic E-state index is -0.563. The predicted octanol–water partition coefficient (Wildman–Crippen LogP) is 1.48. The molecule has 0 aliphatic rings. The summed E-state index contributed by atoms with van der Waals surface area (Å²) in [7, 11) is 4.81. The van der Waals surface area contributed by atoms with Crippen molar-refractivity contribution < 1.29 is 33.3 Å². The van der Waals surface area contributed by atoms with Gasteiger partial charge in [-0.2, -0.15) is 0 Å². The predicted molar refractivity (Wildman–Crippen MR) is 108 cm³/mol. The summed E-state index contributed by atoms with van der Waals surface area (Å²) in [5.41, 5.74) is -0.563. The van der Waals surface area contributed by atoms with Crippen LogP contribution in [0.3, 0.4) is 0 Å². The second kappa shape index (κ2) is 14.9. The molecule has 0 aromatic rings. The summed E-state index contributed by atoms with van der Waals surface area (Å²) in [4.78, 5) is 37.6. The first-order chi connectivity index (χ1) is 13.6. The van der Waals surface area contributed by atoms with Gasteiger partial charge in [0.2, 0.25) is 5.91 Å². The SMILES string of the molecule is CNC(=O)CCCOCCOCCOC(=O)N(C)CCN(C)C(=O)OC(C)(C)C. The lowest BCUT2D eigenvalue weighted by Crippen LogP contribution is -2.40. The van der Waals surface area contributed by atoms with E-state index in [1.165, 1.54) is 9.80 Å². The average molecular weight is 420 g/mol. The van der Waals surface area contributed by atoms with Crippen molar-refractivity contribution in [3.63, 3.8) is 0 Å². The minimum absolute atomic E-state index is 0.00637. The highest BCUT2D eigenvalue weighted by Gasteiger charge is 2.20. The Hall–Kier alpha value is -2.07. The monoisotopic (exact) mass is 419 g/mol. The second-order valence-corrected chi connectivity index (χ2v) is 7.44. The van der Waals surface area contributed by atoms with E-state index in [1.54, 1.807) is 41.9 Å². The molecule has 0 heterocycles. The normalized spacial score (nSPS) is 11.0. The molecule has 0 saturated heterocycles. The fourth-order valence-electron chi connectivity index (χ4n) is 1.90. The van der Waals surface area contributed by atoms with Crippen LogP contribution in [0.25, 0.3) is 0 Å². The van der Waals surface area contributed by atoms with Crippen molar-refractivity contribution in [2.24, 2.45) is 0 Å². The Labute approximate surface area is 173 Å². The topological polar surface area (TPSA) is 107 Å². The number of rotatable bonds is 13. The quantitative estimate of drug-likeness (QED) is 0.451. The molecule has 29 heavy (non-hydrogen) atoms. The molecular formula is C19H37N3O7. The number of hydrogen-bond acceptors (Lipinski definition) is 7. The highest BCUT2D eigenvalue weighted by atomic mass is 16.6. The molecule has 0 spiro atoms. The van der Waals surface area contributed by atoms with Gasteiger partial charge in [-0.15, -0.1) is 0 Å². The van der Waals surface area contributed by atoms with E-state index in [9.17, 15) is 14.4 Å². The number of amides is 3. The fourth-order valence-corrected chi connectivity index (χ4v) is 1.90. The fraction of sp³-hybridized carbons (Fsp3) is 0.842. The molecule has 1 N–H and O–H groups in total. The zero-order valence-corrected chi connectivity index (χ0v) is 18.6. The van der Waals surface area contributed by atoms with Crippen LogP contribution < -0.4 is 5.32 Å². The Bertz CT molecular complexity index is 495. The third-order valence-electron chi connectivity index (χ3n) is 3.58. The Morgan fingerprint density at radius 3 is 1.90 bits per heavy atom. The molecule has 10 heteroatoms. The Balaban J connectivity index is 3.69. The molecule has 0 aromatic heterocycles. The van der Waals surface area contributed by atoms with Crippen LogP contribution >= 0.6 is 0 Å². The third kappa shape index (κ3) is 15.5. The van der Waals surface area contributed by atoms with Gasteiger partial charge in [-0.1, -0.05) is 0 Å². The first-order valence-electron chi connectivity index (χ1n) is 9.75. The smallest absolute Gasteiger partial charge is 0.410 e. The molecule has 0 aliphatic heterocycles. The lowest BCUT2D eigenvalue weighted by molar-refractivity contribution is -0.121. The van der Waals surface area contributed by atoms with Crippen LogP contribution in [0.4, 0.5) is 9.59 Å². The Morgan fingerprint density at radius 2 is 1.34 bits per heavy atom. The Kier molecular flexibility index (Phi) is 13.8. The second-order valence-electron chi connectivity index (χ2n) is 7.44. The molecule has 0 unspecified atom stereocenters. The van der Waals surface area contributed by atoms with Crippen molar-refractivity contribution in [2.45, 2.75) is 39.2 Å². The van der Waals surface area contributed by atoms with Crippen molar-refractivity contribution in [1.82, 2.24) is 15.1 Å². The van der Waals surface area contributed by atoms with Crippen molar-refractivity contribution >= 4 is 18.1 Å². The van der Waals surface area contributed by atoms with E-state index in [0.717, 1.165) is 0 Å². The minimum Gasteiger partial charge on any atom is -0.447 e. The van der Waals surface area contributed by atoms with Crippen molar-refractivity contribution in [3.05, 3.63) is 0 Å². The molecule has 170 valence electrons. The van der Waals surface area contributed by atoms with Gasteiger partial charge >= 0.3 is 12.2 Å². The molecule has 0 radical (unpaired) electrons. The summed E-state index contributed by atoms with van der Waals surface area (Å²) in [6.45, 7) is 7.72. The summed E-state index contributed by atoms with van der Waals surface area (Å²) in [5, 5.41) is 2.55. The number of nitrogens with one attached hydrogen (secondary N) is 1. The lowest BCUT2D eigenvalue weighted by Gasteiger charge is -2.26. The van der Waals surface area contributed by atoms with Gasteiger partial charge in [-0.05, 0) is 27.2 Å². The van der Waals surface area contributed by atoms with E-state index >= 15 is 0 Å². The van der Waals surface area contributed by atoms with Gasteiger partial charge in [0.15, 0.2) is 0 Å². The van der Waals surface area contributed by atoms with Crippen LogP contribution in [0.5, 0.6) is 0 Å². The standard InChI is InChI=1S/C19H37N3O7/c1-19(2,3)29-18(25)22(6)10-9-21(5)17(24)28-15-14-27-13-12-26-11-7-8-16(23)20-4/h7-15H2,1-6H3,(H,20,23).